The second-order valence-electron chi connectivity index (χ2n) is 8.42. The van der Waals surface area contributed by atoms with Gasteiger partial charge in [-0.2, -0.15) is 8.42 Å². The highest BCUT2D eigenvalue weighted by molar-refractivity contribution is 7.85. The van der Waals surface area contributed by atoms with Crippen LogP contribution in [-0.2, 0) is 28.7 Å². The molecule has 0 saturated carbocycles. The third-order valence-corrected chi connectivity index (χ3v) is 6.38. The third kappa shape index (κ3) is 10.5. The van der Waals surface area contributed by atoms with Gasteiger partial charge in [0.2, 0.25) is 0 Å². The summed E-state index contributed by atoms with van der Waals surface area (Å²) >= 11 is 0. The standard InChI is InChI=1S/C24H42O4S/c1-4-6-8-10-12-14-16-22-21(19-29(26,27)28)18-20(3)24(25)23(22)17-15-13-11-9-7-5-2/h18,25H,4-17,19H2,1-3H3,(H,26,27,28). The van der Waals surface area contributed by atoms with Crippen molar-refractivity contribution >= 4 is 10.1 Å². The molecule has 1 rings (SSSR count). The minimum absolute atomic E-state index is 0.304. The van der Waals surface area contributed by atoms with E-state index in [1.807, 2.05) is 6.92 Å². The molecule has 0 bridgehead atoms. The average Bonchev–Trinajstić information content (AvgIpc) is 2.65. The lowest BCUT2D eigenvalue weighted by Crippen LogP contribution is -2.09. The highest BCUT2D eigenvalue weighted by atomic mass is 32.2. The summed E-state index contributed by atoms with van der Waals surface area (Å²) in [6, 6.07) is 1.74. The zero-order valence-corrected chi connectivity index (χ0v) is 19.6. The summed E-state index contributed by atoms with van der Waals surface area (Å²) in [6.45, 7) is 6.21. The summed E-state index contributed by atoms with van der Waals surface area (Å²) < 4.78 is 32.5. The summed E-state index contributed by atoms with van der Waals surface area (Å²) in [7, 11) is -4.11. The lowest BCUT2D eigenvalue weighted by atomic mass is 9.90. The molecule has 0 fully saturated rings. The number of rotatable bonds is 16. The third-order valence-electron chi connectivity index (χ3n) is 5.70. The van der Waals surface area contributed by atoms with Crippen LogP contribution < -0.4 is 0 Å². The van der Waals surface area contributed by atoms with Gasteiger partial charge in [0.25, 0.3) is 10.1 Å². The first-order valence-electron chi connectivity index (χ1n) is 11.6. The van der Waals surface area contributed by atoms with Crippen molar-refractivity contribution in [2.75, 3.05) is 0 Å². The van der Waals surface area contributed by atoms with Crippen LogP contribution in [0.1, 0.15) is 113 Å². The number of phenolic OH excluding ortho intramolecular Hbond substituents is 1. The molecule has 0 aliphatic heterocycles. The minimum Gasteiger partial charge on any atom is -0.507 e. The average molecular weight is 427 g/mol. The Morgan fingerprint density at radius 3 is 1.69 bits per heavy atom. The first-order chi connectivity index (χ1) is 13.8. The molecule has 0 aliphatic carbocycles. The van der Waals surface area contributed by atoms with Gasteiger partial charge in [-0.3, -0.25) is 4.55 Å². The van der Waals surface area contributed by atoms with Crippen LogP contribution in [0.3, 0.4) is 0 Å². The summed E-state index contributed by atoms with van der Waals surface area (Å²) in [6.07, 6.45) is 15.5. The molecule has 5 heteroatoms. The first kappa shape index (κ1) is 26.0. The van der Waals surface area contributed by atoms with E-state index in [1.165, 1.54) is 51.4 Å². The van der Waals surface area contributed by atoms with Crippen LogP contribution in [0, 0.1) is 6.92 Å². The van der Waals surface area contributed by atoms with E-state index in [-0.39, 0.29) is 5.75 Å². The van der Waals surface area contributed by atoms with Crippen molar-refractivity contribution < 1.29 is 18.1 Å². The molecule has 0 aliphatic rings. The summed E-state index contributed by atoms with van der Waals surface area (Å²) in [4.78, 5) is 0. The van der Waals surface area contributed by atoms with Crippen molar-refractivity contribution in [2.24, 2.45) is 0 Å². The predicted molar refractivity (Wildman–Crippen MR) is 122 cm³/mol. The normalized spacial score (nSPS) is 11.9. The molecule has 0 saturated heterocycles. The Kier molecular flexibility index (Phi) is 12.6. The number of aromatic hydroxyl groups is 1. The van der Waals surface area contributed by atoms with Gasteiger partial charge in [0, 0.05) is 0 Å². The van der Waals surface area contributed by atoms with Gasteiger partial charge in [-0.05, 0) is 54.9 Å². The fraction of sp³-hybridized carbons (Fsp3) is 0.750. The molecule has 0 aromatic heterocycles. The molecular weight excluding hydrogens is 384 g/mol. The fourth-order valence-electron chi connectivity index (χ4n) is 4.06. The maximum Gasteiger partial charge on any atom is 0.269 e. The number of benzene rings is 1. The molecule has 1 aromatic rings. The predicted octanol–water partition coefficient (Wildman–Crippen LogP) is 6.89. The van der Waals surface area contributed by atoms with Gasteiger partial charge < -0.3 is 5.11 Å². The van der Waals surface area contributed by atoms with Crippen molar-refractivity contribution in [1.82, 2.24) is 0 Å². The summed E-state index contributed by atoms with van der Waals surface area (Å²) in [5, 5.41) is 10.7. The molecule has 0 heterocycles. The molecular formula is C24H42O4S. The van der Waals surface area contributed by atoms with E-state index in [2.05, 4.69) is 13.8 Å². The SMILES string of the molecule is CCCCCCCCc1c(CS(=O)(=O)O)cc(C)c(O)c1CCCCCCCC. The highest BCUT2D eigenvalue weighted by Gasteiger charge is 2.19. The maximum atomic E-state index is 11.6. The molecule has 4 nitrogen and oxygen atoms in total. The van der Waals surface area contributed by atoms with E-state index >= 15 is 0 Å². The highest BCUT2D eigenvalue weighted by Crippen LogP contribution is 2.33. The van der Waals surface area contributed by atoms with Gasteiger partial charge in [-0.15, -0.1) is 0 Å². The van der Waals surface area contributed by atoms with E-state index in [1.54, 1.807) is 6.07 Å². The van der Waals surface area contributed by atoms with Crippen molar-refractivity contribution in [1.29, 1.82) is 0 Å². The Morgan fingerprint density at radius 1 is 0.759 bits per heavy atom. The fourth-order valence-corrected chi connectivity index (χ4v) is 4.71. The van der Waals surface area contributed by atoms with E-state index in [4.69, 9.17) is 0 Å². The second-order valence-corrected chi connectivity index (χ2v) is 9.87. The number of hydrogen-bond donors (Lipinski definition) is 2. The molecule has 0 radical (unpaired) electrons. The van der Waals surface area contributed by atoms with E-state index < -0.39 is 10.1 Å². The molecule has 168 valence electrons. The number of phenols is 1. The Hall–Kier alpha value is -1.07. The van der Waals surface area contributed by atoms with Crippen molar-refractivity contribution in [2.45, 2.75) is 116 Å². The largest absolute Gasteiger partial charge is 0.507 e. The van der Waals surface area contributed by atoms with Crippen molar-refractivity contribution in [3.63, 3.8) is 0 Å². The smallest absolute Gasteiger partial charge is 0.269 e. The van der Waals surface area contributed by atoms with Crippen LogP contribution in [0.25, 0.3) is 0 Å². The van der Waals surface area contributed by atoms with Crippen LogP contribution >= 0.6 is 0 Å². The Bertz CT molecular complexity index is 695. The second kappa shape index (κ2) is 14.0. The molecule has 29 heavy (non-hydrogen) atoms. The number of hydrogen-bond acceptors (Lipinski definition) is 3. The van der Waals surface area contributed by atoms with Gasteiger partial charge in [-0.25, -0.2) is 0 Å². The van der Waals surface area contributed by atoms with Gasteiger partial charge >= 0.3 is 0 Å². The quantitative estimate of drug-likeness (QED) is 0.223. The number of aryl methyl sites for hydroxylation is 1. The molecule has 0 amide bonds. The van der Waals surface area contributed by atoms with Crippen molar-refractivity contribution in [3.8, 4) is 5.75 Å². The van der Waals surface area contributed by atoms with E-state index in [0.717, 1.165) is 49.7 Å². The van der Waals surface area contributed by atoms with Crippen molar-refractivity contribution in [3.05, 3.63) is 28.3 Å². The van der Waals surface area contributed by atoms with Crippen LogP contribution in [-0.4, -0.2) is 18.1 Å². The molecule has 0 atom stereocenters. The Balaban J connectivity index is 2.92. The lowest BCUT2D eigenvalue weighted by molar-refractivity contribution is 0.458. The summed E-state index contributed by atoms with van der Waals surface area (Å²) in [5.41, 5.74) is 3.18. The summed E-state index contributed by atoms with van der Waals surface area (Å²) in [5.74, 6) is -0.0679. The Labute approximate surface area is 178 Å². The molecule has 0 spiro atoms. The van der Waals surface area contributed by atoms with E-state index in [9.17, 15) is 18.1 Å². The first-order valence-corrected chi connectivity index (χ1v) is 13.2. The Morgan fingerprint density at radius 2 is 1.21 bits per heavy atom. The number of unbranched alkanes of at least 4 members (excludes halogenated alkanes) is 10. The molecule has 1 aromatic carbocycles. The maximum absolute atomic E-state index is 11.6. The van der Waals surface area contributed by atoms with Gasteiger partial charge in [0.15, 0.2) is 0 Å². The van der Waals surface area contributed by atoms with Gasteiger partial charge in [0.05, 0.1) is 0 Å². The topological polar surface area (TPSA) is 74.6 Å². The van der Waals surface area contributed by atoms with Crippen LogP contribution in [0.15, 0.2) is 6.07 Å². The lowest BCUT2D eigenvalue weighted by Gasteiger charge is -2.18. The van der Waals surface area contributed by atoms with Crippen LogP contribution in [0.5, 0.6) is 5.75 Å². The monoisotopic (exact) mass is 426 g/mol. The zero-order valence-electron chi connectivity index (χ0n) is 18.8. The van der Waals surface area contributed by atoms with Crippen LogP contribution in [0.2, 0.25) is 0 Å². The zero-order chi connectivity index (χ0) is 21.7. The van der Waals surface area contributed by atoms with Crippen LogP contribution in [0.4, 0.5) is 0 Å². The molecule has 0 unspecified atom stereocenters. The van der Waals surface area contributed by atoms with Gasteiger partial charge in [0.1, 0.15) is 11.5 Å². The molecule has 2 N–H and O–H groups in total. The van der Waals surface area contributed by atoms with E-state index in [0.29, 0.717) is 16.9 Å². The minimum atomic E-state index is -4.11. The van der Waals surface area contributed by atoms with Gasteiger partial charge in [-0.1, -0.05) is 84.1 Å².